The van der Waals surface area contributed by atoms with Gasteiger partial charge < -0.3 is 9.64 Å². The van der Waals surface area contributed by atoms with Crippen molar-refractivity contribution in [3.63, 3.8) is 0 Å². The lowest BCUT2D eigenvalue weighted by molar-refractivity contribution is -0.147. The smallest absolute Gasteiger partial charge is 0.315 e. The van der Waals surface area contributed by atoms with Crippen molar-refractivity contribution in [1.29, 1.82) is 0 Å². The zero-order valence-corrected chi connectivity index (χ0v) is 21.9. The van der Waals surface area contributed by atoms with E-state index in [-0.39, 0.29) is 12.5 Å². The SMILES string of the molecule is CCOC(=O)[C@H]1c2ccccc2C(=O)N([C@@H]2CCCC[C@H]2NS(C)(=O)=O)[C@@H]1c1ccc(Cl)cc1Cl. The predicted octanol–water partition coefficient (Wildman–Crippen LogP) is 4.70. The Labute approximate surface area is 215 Å². The van der Waals surface area contributed by atoms with Gasteiger partial charge in [0.25, 0.3) is 5.91 Å². The van der Waals surface area contributed by atoms with E-state index in [1.165, 1.54) is 0 Å². The van der Waals surface area contributed by atoms with Gasteiger partial charge in [0.1, 0.15) is 5.92 Å². The van der Waals surface area contributed by atoms with Gasteiger partial charge in [-0.25, -0.2) is 13.1 Å². The molecule has 1 saturated carbocycles. The minimum atomic E-state index is -3.53. The number of rotatable bonds is 6. The molecule has 2 aromatic rings. The Morgan fingerprint density at radius 2 is 1.83 bits per heavy atom. The van der Waals surface area contributed by atoms with Crippen LogP contribution in [0.5, 0.6) is 0 Å². The molecule has 0 aromatic heterocycles. The molecule has 1 heterocycles. The summed E-state index contributed by atoms with van der Waals surface area (Å²) in [6.07, 6.45) is 3.92. The van der Waals surface area contributed by atoms with Crippen LogP contribution in [0, 0.1) is 0 Å². The van der Waals surface area contributed by atoms with E-state index in [1.54, 1.807) is 54.3 Å². The van der Waals surface area contributed by atoms with Gasteiger partial charge >= 0.3 is 5.97 Å². The minimum absolute atomic E-state index is 0.175. The standard InChI is InChI=1S/C25H28Cl2N2O5S/c1-3-34-25(31)22-16-8-4-5-9-17(16)24(30)29(23(22)18-13-12-15(26)14-19(18)27)21-11-7-6-10-20(21)28-35(2,32)33/h4-5,8-9,12-14,20-23,28H,3,6-7,10-11H2,1-2H3/t20-,21-,22+,23-/m1/s1. The van der Waals surface area contributed by atoms with Crippen molar-refractivity contribution in [3.05, 3.63) is 69.2 Å². The minimum Gasteiger partial charge on any atom is -0.465 e. The van der Waals surface area contributed by atoms with Crippen molar-refractivity contribution in [2.24, 2.45) is 0 Å². The van der Waals surface area contributed by atoms with Crippen molar-refractivity contribution in [3.8, 4) is 0 Å². The number of hydrogen-bond acceptors (Lipinski definition) is 5. The van der Waals surface area contributed by atoms with Crippen molar-refractivity contribution in [2.75, 3.05) is 12.9 Å². The Morgan fingerprint density at radius 3 is 2.51 bits per heavy atom. The normalized spacial score (nSPS) is 24.7. The van der Waals surface area contributed by atoms with Gasteiger partial charge in [-0.15, -0.1) is 0 Å². The molecular formula is C25H28Cl2N2O5S. The molecule has 7 nitrogen and oxygen atoms in total. The predicted molar refractivity (Wildman–Crippen MR) is 135 cm³/mol. The maximum Gasteiger partial charge on any atom is 0.315 e. The molecule has 1 fully saturated rings. The zero-order valence-electron chi connectivity index (χ0n) is 19.5. The second-order valence-corrected chi connectivity index (χ2v) is 11.6. The van der Waals surface area contributed by atoms with Crippen LogP contribution < -0.4 is 4.72 Å². The van der Waals surface area contributed by atoms with Crippen molar-refractivity contribution >= 4 is 45.1 Å². The number of hydrogen-bond donors (Lipinski definition) is 1. The molecule has 2 aromatic carbocycles. The summed E-state index contributed by atoms with van der Waals surface area (Å²) >= 11 is 12.8. The molecule has 0 radical (unpaired) electrons. The van der Waals surface area contributed by atoms with E-state index in [1.807, 2.05) is 0 Å². The van der Waals surface area contributed by atoms with Crippen LogP contribution in [0.2, 0.25) is 10.0 Å². The number of nitrogens with one attached hydrogen (secondary N) is 1. The fourth-order valence-corrected chi connectivity index (χ4v) is 6.68. The van der Waals surface area contributed by atoms with E-state index >= 15 is 0 Å². The highest BCUT2D eigenvalue weighted by Crippen LogP contribution is 2.48. The van der Waals surface area contributed by atoms with Gasteiger partial charge in [-0.05, 0) is 49.1 Å². The first kappa shape index (κ1) is 25.9. The van der Waals surface area contributed by atoms with Crippen LogP contribution in [0.25, 0.3) is 0 Å². The topological polar surface area (TPSA) is 92.8 Å². The molecule has 10 heteroatoms. The van der Waals surface area contributed by atoms with E-state index < -0.39 is 40.0 Å². The summed E-state index contributed by atoms with van der Waals surface area (Å²) in [4.78, 5) is 29.1. The van der Waals surface area contributed by atoms with E-state index in [0.29, 0.717) is 39.6 Å². The van der Waals surface area contributed by atoms with Gasteiger partial charge in [0, 0.05) is 27.7 Å². The molecule has 0 unspecified atom stereocenters. The van der Waals surface area contributed by atoms with E-state index in [4.69, 9.17) is 27.9 Å². The second-order valence-electron chi connectivity index (χ2n) is 8.99. The highest BCUT2D eigenvalue weighted by atomic mass is 35.5. The average molecular weight is 539 g/mol. The summed E-state index contributed by atoms with van der Waals surface area (Å²) in [6, 6.07) is 10.2. The highest BCUT2D eigenvalue weighted by molar-refractivity contribution is 7.88. The van der Waals surface area contributed by atoms with Crippen LogP contribution in [-0.2, 0) is 19.6 Å². The lowest BCUT2D eigenvalue weighted by Crippen LogP contribution is -2.58. The van der Waals surface area contributed by atoms with E-state index in [2.05, 4.69) is 4.72 Å². The fourth-order valence-electron chi connectivity index (χ4n) is 5.33. The quantitative estimate of drug-likeness (QED) is 0.538. The zero-order chi connectivity index (χ0) is 25.3. The Hall–Kier alpha value is -2.13. The van der Waals surface area contributed by atoms with Gasteiger partial charge in [-0.3, -0.25) is 9.59 Å². The second kappa shape index (κ2) is 10.5. The molecule has 35 heavy (non-hydrogen) atoms. The monoisotopic (exact) mass is 538 g/mol. The third-order valence-electron chi connectivity index (χ3n) is 6.65. The van der Waals surface area contributed by atoms with Crippen LogP contribution in [0.1, 0.15) is 66.1 Å². The third kappa shape index (κ3) is 5.35. The molecule has 1 aliphatic carbocycles. The summed E-state index contributed by atoms with van der Waals surface area (Å²) < 4.78 is 32.6. The number of carbonyl (C=O) groups excluding carboxylic acids is 2. The third-order valence-corrected chi connectivity index (χ3v) is 7.94. The van der Waals surface area contributed by atoms with Crippen LogP contribution in [0.4, 0.5) is 0 Å². The number of fused-ring (bicyclic) bond motifs is 1. The number of ether oxygens (including phenoxy) is 1. The Kier molecular flexibility index (Phi) is 7.76. The summed E-state index contributed by atoms with van der Waals surface area (Å²) in [5.41, 5.74) is 1.52. The summed E-state index contributed by atoms with van der Waals surface area (Å²) in [5.74, 6) is -1.59. The molecule has 0 spiro atoms. The number of esters is 1. The maximum absolute atomic E-state index is 14.0. The Morgan fingerprint density at radius 1 is 1.11 bits per heavy atom. The first-order valence-electron chi connectivity index (χ1n) is 11.6. The number of halogens is 2. The first-order valence-corrected chi connectivity index (χ1v) is 14.3. The van der Waals surface area contributed by atoms with Crippen LogP contribution in [-0.4, -0.2) is 50.1 Å². The van der Waals surface area contributed by atoms with Crippen molar-refractivity contribution < 1.29 is 22.7 Å². The van der Waals surface area contributed by atoms with Crippen LogP contribution in [0.15, 0.2) is 42.5 Å². The van der Waals surface area contributed by atoms with Crippen molar-refractivity contribution in [2.45, 2.75) is 56.7 Å². The molecule has 0 bridgehead atoms. The fraction of sp³-hybridized carbons (Fsp3) is 0.440. The van der Waals surface area contributed by atoms with Crippen LogP contribution in [0.3, 0.4) is 0 Å². The molecule has 4 atom stereocenters. The van der Waals surface area contributed by atoms with Gasteiger partial charge in [-0.2, -0.15) is 0 Å². The Balaban J connectivity index is 1.94. The summed E-state index contributed by atoms with van der Waals surface area (Å²) in [7, 11) is -3.53. The summed E-state index contributed by atoms with van der Waals surface area (Å²) in [5, 5.41) is 0.743. The van der Waals surface area contributed by atoms with Gasteiger partial charge in [-0.1, -0.05) is 60.3 Å². The molecule has 1 N–H and O–H groups in total. The summed E-state index contributed by atoms with van der Waals surface area (Å²) in [6.45, 7) is 1.90. The number of benzene rings is 2. The lowest BCUT2D eigenvalue weighted by atomic mass is 9.77. The van der Waals surface area contributed by atoms with Crippen molar-refractivity contribution in [1.82, 2.24) is 9.62 Å². The van der Waals surface area contributed by atoms with E-state index in [9.17, 15) is 18.0 Å². The molecule has 0 saturated heterocycles. The molecule has 1 amide bonds. The average Bonchev–Trinajstić information content (AvgIpc) is 2.79. The van der Waals surface area contributed by atoms with Gasteiger partial charge in [0.05, 0.1) is 18.9 Å². The molecule has 188 valence electrons. The number of amides is 1. The molecule has 4 rings (SSSR count). The number of sulfonamides is 1. The Bertz CT molecular complexity index is 1240. The number of nitrogens with zero attached hydrogens (tertiary/aromatic N) is 1. The molecule has 2 aliphatic rings. The first-order chi connectivity index (χ1) is 16.6. The maximum atomic E-state index is 14.0. The van der Waals surface area contributed by atoms with E-state index in [0.717, 1.165) is 19.1 Å². The molecule has 1 aliphatic heterocycles. The highest BCUT2D eigenvalue weighted by Gasteiger charge is 2.49. The number of carbonyl (C=O) groups is 2. The lowest BCUT2D eigenvalue weighted by Gasteiger charge is -2.49. The largest absolute Gasteiger partial charge is 0.465 e. The van der Waals surface area contributed by atoms with Gasteiger partial charge in [0.2, 0.25) is 10.0 Å². The van der Waals surface area contributed by atoms with Gasteiger partial charge in [0.15, 0.2) is 0 Å². The molecular weight excluding hydrogens is 511 g/mol. The van der Waals surface area contributed by atoms with Crippen LogP contribution >= 0.6 is 23.2 Å².